The van der Waals surface area contributed by atoms with Gasteiger partial charge in [-0.3, -0.25) is 0 Å². The molecule has 0 bridgehead atoms. The quantitative estimate of drug-likeness (QED) is 0.769. The minimum absolute atomic E-state index is 0.201. The third-order valence-corrected chi connectivity index (χ3v) is 1.97. The smallest absolute Gasteiger partial charge is 0.160 e. The first-order chi connectivity index (χ1) is 6.27. The maximum atomic E-state index is 9.33. The van der Waals surface area contributed by atoms with Crippen LogP contribution in [-0.2, 0) is 6.42 Å². The highest BCUT2D eigenvalue weighted by Crippen LogP contribution is 2.26. The molecule has 71 valence electrons. The molecular weight excluding hydrogens is 164 g/mol. The maximum Gasteiger partial charge on any atom is 0.160 e. The second-order valence-corrected chi connectivity index (χ2v) is 2.95. The van der Waals surface area contributed by atoms with E-state index in [0.717, 1.165) is 12.8 Å². The van der Waals surface area contributed by atoms with Crippen molar-refractivity contribution in [2.24, 2.45) is 0 Å². The van der Waals surface area contributed by atoms with E-state index in [0.29, 0.717) is 5.75 Å². The molecule has 0 aliphatic heterocycles. The van der Waals surface area contributed by atoms with E-state index >= 15 is 0 Å². The van der Waals surface area contributed by atoms with Gasteiger partial charge in [0.25, 0.3) is 0 Å². The Labute approximate surface area is 79.2 Å². The summed E-state index contributed by atoms with van der Waals surface area (Å²) in [5.74, 6) is 0.750. The Balaban J connectivity index is 2.74. The number of aryl methyl sites for hydroxylation is 1. The van der Waals surface area contributed by atoms with Crippen LogP contribution in [-0.4, -0.2) is 12.2 Å². The molecule has 0 saturated carbocycles. The van der Waals surface area contributed by atoms with Crippen molar-refractivity contribution in [2.45, 2.75) is 19.8 Å². The van der Waals surface area contributed by atoms with Gasteiger partial charge in [-0.05, 0) is 37.0 Å². The molecule has 1 radical (unpaired) electrons. The lowest BCUT2D eigenvalue weighted by Crippen LogP contribution is -1.88. The van der Waals surface area contributed by atoms with Gasteiger partial charge in [0.1, 0.15) is 0 Å². The van der Waals surface area contributed by atoms with E-state index in [1.807, 2.05) is 19.1 Å². The Morgan fingerprint density at radius 3 is 2.85 bits per heavy atom. The lowest BCUT2D eigenvalue weighted by atomic mass is 10.1. The monoisotopic (exact) mass is 179 g/mol. The van der Waals surface area contributed by atoms with E-state index in [9.17, 15) is 5.11 Å². The zero-order chi connectivity index (χ0) is 9.68. The molecule has 0 fully saturated rings. The average Bonchev–Trinajstić information content (AvgIpc) is 2.16. The molecule has 1 N–H and O–H groups in total. The number of rotatable bonds is 4. The van der Waals surface area contributed by atoms with E-state index in [2.05, 4.69) is 6.42 Å². The molecule has 1 aromatic carbocycles. The lowest BCUT2D eigenvalue weighted by Gasteiger charge is -2.05. The molecule has 1 aromatic rings. The molecule has 0 aromatic heterocycles. The molecule has 0 saturated heterocycles. The number of methoxy groups -OCH3 is 1. The molecule has 13 heavy (non-hydrogen) atoms. The minimum Gasteiger partial charge on any atom is -0.504 e. The zero-order valence-corrected chi connectivity index (χ0v) is 8.08. The number of phenols is 1. The van der Waals surface area contributed by atoms with Crippen molar-refractivity contribution in [1.82, 2.24) is 0 Å². The van der Waals surface area contributed by atoms with Gasteiger partial charge in [-0.25, -0.2) is 0 Å². The zero-order valence-electron chi connectivity index (χ0n) is 8.08. The highest BCUT2D eigenvalue weighted by atomic mass is 16.5. The number of phenolic OH excluding ortho intramolecular Hbond substituents is 1. The van der Waals surface area contributed by atoms with E-state index < -0.39 is 0 Å². The van der Waals surface area contributed by atoms with E-state index in [-0.39, 0.29) is 5.75 Å². The van der Waals surface area contributed by atoms with Gasteiger partial charge in [0.2, 0.25) is 0 Å². The van der Waals surface area contributed by atoms with Crippen LogP contribution in [0.2, 0.25) is 0 Å². The van der Waals surface area contributed by atoms with Crippen LogP contribution >= 0.6 is 0 Å². The fraction of sp³-hybridized carbons (Fsp3) is 0.364. The topological polar surface area (TPSA) is 29.5 Å². The maximum absolute atomic E-state index is 9.33. The van der Waals surface area contributed by atoms with Crippen LogP contribution in [0.5, 0.6) is 11.5 Å². The number of ether oxygens (including phenoxy) is 1. The predicted molar refractivity (Wildman–Crippen MR) is 53.0 cm³/mol. The largest absolute Gasteiger partial charge is 0.504 e. The summed E-state index contributed by atoms with van der Waals surface area (Å²) in [7, 11) is 1.56. The second kappa shape index (κ2) is 4.75. The van der Waals surface area contributed by atoms with Crippen LogP contribution in [0, 0.1) is 6.42 Å². The lowest BCUT2D eigenvalue weighted by molar-refractivity contribution is 0.373. The summed E-state index contributed by atoms with van der Waals surface area (Å²) in [6.07, 6.45) is 4.17. The molecule has 2 heteroatoms. The predicted octanol–water partition coefficient (Wildman–Crippen LogP) is 2.56. The van der Waals surface area contributed by atoms with Gasteiger partial charge in [-0.15, -0.1) is 0 Å². The summed E-state index contributed by atoms with van der Waals surface area (Å²) >= 11 is 0. The Kier molecular flexibility index (Phi) is 3.62. The van der Waals surface area contributed by atoms with Gasteiger partial charge in [0, 0.05) is 0 Å². The molecule has 0 heterocycles. The van der Waals surface area contributed by atoms with Crippen molar-refractivity contribution in [3.8, 4) is 11.5 Å². The molecule has 0 spiro atoms. The van der Waals surface area contributed by atoms with Crippen molar-refractivity contribution in [2.75, 3.05) is 7.11 Å². The molecule has 0 amide bonds. The fourth-order valence-electron chi connectivity index (χ4n) is 1.19. The Morgan fingerprint density at radius 1 is 1.46 bits per heavy atom. The average molecular weight is 179 g/mol. The SMILES string of the molecule is C[CH]CCc1ccc(O)c(OC)c1. The highest BCUT2D eigenvalue weighted by molar-refractivity contribution is 5.41. The summed E-state index contributed by atoms with van der Waals surface area (Å²) in [5, 5.41) is 9.33. The van der Waals surface area contributed by atoms with Gasteiger partial charge in [0.15, 0.2) is 11.5 Å². The fourth-order valence-corrected chi connectivity index (χ4v) is 1.19. The number of benzene rings is 1. The molecule has 0 aliphatic carbocycles. The molecule has 0 aliphatic rings. The van der Waals surface area contributed by atoms with Crippen LogP contribution in [0.15, 0.2) is 18.2 Å². The van der Waals surface area contributed by atoms with Gasteiger partial charge in [-0.1, -0.05) is 13.0 Å². The summed E-state index contributed by atoms with van der Waals surface area (Å²) in [4.78, 5) is 0. The van der Waals surface area contributed by atoms with Crippen LogP contribution in [0.3, 0.4) is 0 Å². The number of hydrogen-bond acceptors (Lipinski definition) is 2. The number of aromatic hydroxyl groups is 1. The third-order valence-electron chi connectivity index (χ3n) is 1.97. The van der Waals surface area contributed by atoms with Gasteiger partial charge in [-0.2, -0.15) is 0 Å². The standard InChI is InChI=1S/C11H15O2/c1-3-4-5-9-6-7-10(12)11(8-9)13-2/h3,6-8,12H,4-5H2,1-2H3. The van der Waals surface area contributed by atoms with Gasteiger partial charge < -0.3 is 9.84 Å². The normalized spacial score (nSPS) is 10.0. The first kappa shape index (κ1) is 9.90. The number of unbranched alkanes of at least 4 members (excludes halogenated alkanes) is 1. The minimum atomic E-state index is 0.201. The van der Waals surface area contributed by atoms with Crippen molar-refractivity contribution in [1.29, 1.82) is 0 Å². The van der Waals surface area contributed by atoms with Crippen LogP contribution in [0.1, 0.15) is 18.9 Å². The summed E-state index contributed by atoms with van der Waals surface area (Å²) in [6, 6.07) is 5.46. The van der Waals surface area contributed by atoms with Crippen molar-refractivity contribution in [3.05, 3.63) is 30.2 Å². The van der Waals surface area contributed by atoms with E-state index in [1.165, 1.54) is 5.56 Å². The first-order valence-electron chi connectivity index (χ1n) is 4.41. The van der Waals surface area contributed by atoms with Gasteiger partial charge >= 0.3 is 0 Å². The summed E-state index contributed by atoms with van der Waals surface area (Å²) in [5.41, 5.74) is 1.19. The molecule has 0 unspecified atom stereocenters. The molecule has 0 atom stereocenters. The first-order valence-corrected chi connectivity index (χ1v) is 4.41. The molecule has 2 nitrogen and oxygen atoms in total. The Hall–Kier alpha value is -1.18. The Morgan fingerprint density at radius 2 is 2.23 bits per heavy atom. The summed E-state index contributed by atoms with van der Waals surface area (Å²) in [6.45, 7) is 2.04. The van der Waals surface area contributed by atoms with Crippen LogP contribution in [0.4, 0.5) is 0 Å². The van der Waals surface area contributed by atoms with Crippen molar-refractivity contribution < 1.29 is 9.84 Å². The van der Waals surface area contributed by atoms with Gasteiger partial charge in [0.05, 0.1) is 7.11 Å². The highest BCUT2D eigenvalue weighted by Gasteiger charge is 2.01. The van der Waals surface area contributed by atoms with Crippen LogP contribution in [0.25, 0.3) is 0 Å². The Bertz CT molecular complexity index is 269. The van der Waals surface area contributed by atoms with E-state index in [1.54, 1.807) is 13.2 Å². The molecular formula is C11H15O2. The summed E-state index contributed by atoms with van der Waals surface area (Å²) < 4.78 is 5.01. The van der Waals surface area contributed by atoms with Crippen molar-refractivity contribution in [3.63, 3.8) is 0 Å². The van der Waals surface area contributed by atoms with Crippen LogP contribution < -0.4 is 4.74 Å². The number of hydrogen-bond donors (Lipinski definition) is 1. The van der Waals surface area contributed by atoms with E-state index in [4.69, 9.17) is 4.74 Å². The third kappa shape index (κ3) is 2.65. The molecule has 1 rings (SSSR count). The second-order valence-electron chi connectivity index (χ2n) is 2.95. The van der Waals surface area contributed by atoms with Crippen molar-refractivity contribution >= 4 is 0 Å².